The van der Waals surface area contributed by atoms with Crippen LogP contribution in [0.1, 0.15) is 55.8 Å². The van der Waals surface area contributed by atoms with E-state index in [4.69, 9.17) is 4.74 Å². The van der Waals surface area contributed by atoms with Crippen molar-refractivity contribution in [2.45, 2.75) is 51.6 Å². The Labute approximate surface area is 168 Å². The molecule has 0 heterocycles. The standard InChI is InChI=1S/C23H25F3O3/c1-2-3-4-5-6-15-29-20-13-11-18(12-14-20)17-7-9-19(10-8-17)21(27)16-22(28)23(24,25)26/h7-14H,2-6,15-16H2,1H3. The Morgan fingerprint density at radius 2 is 1.38 bits per heavy atom. The first-order valence-electron chi connectivity index (χ1n) is 9.77. The Morgan fingerprint density at radius 1 is 0.828 bits per heavy atom. The molecular formula is C23H25F3O3. The van der Waals surface area contributed by atoms with Crippen molar-refractivity contribution in [2.24, 2.45) is 0 Å². The highest BCUT2D eigenvalue weighted by Crippen LogP contribution is 2.24. The van der Waals surface area contributed by atoms with Crippen LogP contribution in [0.15, 0.2) is 48.5 Å². The molecule has 2 aromatic carbocycles. The number of halogens is 3. The molecule has 0 saturated carbocycles. The molecule has 6 heteroatoms. The summed E-state index contributed by atoms with van der Waals surface area (Å²) in [5.74, 6) is -2.10. The molecule has 0 aromatic heterocycles. The predicted molar refractivity (Wildman–Crippen MR) is 106 cm³/mol. The van der Waals surface area contributed by atoms with Crippen molar-refractivity contribution in [1.29, 1.82) is 0 Å². The molecule has 0 aliphatic heterocycles. The first-order chi connectivity index (χ1) is 13.8. The largest absolute Gasteiger partial charge is 0.494 e. The number of benzene rings is 2. The third kappa shape index (κ3) is 7.37. The number of alkyl halides is 3. The summed E-state index contributed by atoms with van der Waals surface area (Å²) < 4.78 is 42.6. The minimum absolute atomic E-state index is 0.0781. The van der Waals surface area contributed by atoms with E-state index < -0.39 is 24.2 Å². The minimum Gasteiger partial charge on any atom is -0.494 e. The number of Topliss-reactive ketones (excluding diaryl/α,β-unsaturated/α-hetero) is 2. The molecule has 2 rings (SSSR count). The molecule has 0 amide bonds. The molecule has 0 unspecified atom stereocenters. The Bertz CT molecular complexity index is 794. The molecule has 0 radical (unpaired) electrons. The summed E-state index contributed by atoms with van der Waals surface area (Å²) in [5, 5.41) is 0. The highest BCUT2D eigenvalue weighted by molar-refractivity contribution is 6.09. The number of ether oxygens (including phenoxy) is 1. The normalized spacial score (nSPS) is 11.3. The summed E-state index contributed by atoms with van der Waals surface area (Å²) in [4.78, 5) is 22.8. The molecule has 0 N–H and O–H groups in total. The number of carbonyl (C=O) groups excluding carboxylic acids is 2. The monoisotopic (exact) mass is 406 g/mol. The lowest BCUT2D eigenvalue weighted by atomic mass is 10.0. The maximum Gasteiger partial charge on any atom is 0.450 e. The van der Waals surface area contributed by atoms with Crippen LogP contribution in [0, 0.1) is 0 Å². The second-order valence-electron chi connectivity index (χ2n) is 6.89. The van der Waals surface area contributed by atoms with E-state index in [2.05, 4.69) is 6.92 Å². The first kappa shape index (κ1) is 22.7. The summed E-state index contributed by atoms with van der Waals surface area (Å²) in [5.41, 5.74) is 1.79. The molecule has 2 aromatic rings. The average molecular weight is 406 g/mol. The number of rotatable bonds is 11. The Balaban J connectivity index is 1.89. The van der Waals surface area contributed by atoms with Crippen molar-refractivity contribution < 1.29 is 27.5 Å². The SMILES string of the molecule is CCCCCCCOc1ccc(-c2ccc(C(=O)CC(=O)C(F)(F)F)cc2)cc1. The zero-order valence-corrected chi connectivity index (χ0v) is 16.4. The molecule has 0 atom stereocenters. The smallest absolute Gasteiger partial charge is 0.450 e. The van der Waals surface area contributed by atoms with Gasteiger partial charge >= 0.3 is 6.18 Å². The van der Waals surface area contributed by atoms with Gasteiger partial charge in [-0.3, -0.25) is 9.59 Å². The summed E-state index contributed by atoms with van der Waals surface area (Å²) in [6.07, 6.45) is -0.301. The van der Waals surface area contributed by atoms with E-state index in [1.165, 1.54) is 31.4 Å². The van der Waals surface area contributed by atoms with Crippen LogP contribution in [0.4, 0.5) is 13.2 Å². The summed E-state index contributed by atoms with van der Waals surface area (Å²) in [6, 6.07) is 13.7. The van der Waals surface area contributed by atoms with E-state index >= 15 is 0 Å². The van der Waals surface area contributed by atoms with E-state index in [1.807, 2.05) is 24.3 Å². The Hall–Kier alpha value is -2.63. The number of hydrogen-bond donors (Lipinski definition) is 0. The highest BCUT2D eigenvalue weighted by atomic mass is 19.4. The van der Waals surface area contributed by atoms with E-state index in [0.29, 0.717) is 6.61 Å². The van der Waals surface area contributed by atoms with Crippen molar-refractivity contribution in [1.82, 2.24) is 0 Å². The summed E-state index contributed by atoms with van der Waals surface area (Å²) in [6.45, 7) is 2.86. The second-order valence-corrected chi connectivity index (χ2v) is 6.89. The van der Waals surface area contributed by atoms with Crippen molar-refractivity contribution in [3.05, 3.63) is 54.1 Å². The Kier molecular flexibility index (Phi) is 8.43. The summed E-state index contributed by atoms with van der Waals surface area (Å²) in [7, 11) is 0. The fourth-order valence-electron chi connectivity index (χ4n) is 2.84. The van der Waals surface area contributed by atoms with Gasteiger partial charge in [-0.15, -0.1) is 0 Å². The van der Waals surface area contributed by atoms with Crippen molar-refractivity contribution in [3.8, 4) is 16.9 Å². The van der Waals surface area contributed by atoms with Gasteiger partial charge in [-0.05, 0) is 29.7 Å². The molecule has 0 saturated heterocycles. The first-order valence-corrected chi connectivity index (χ1v) is 9.77. The number of ketones is 2. The number of unbranched alkanes of at least 4 members (excludes halogenated alkanes) is 4. The highest BCUT2D eigenvalue weighted by Gasteiger charge is 2.39. The predicted octanol–water partition coefficient (Wildman–Crippen LogP) is 6.41. The molecule has 0 aliphatic rings. The minimum atomic E-state index is -4.99. The van der Waals surface area contributed by atoms with Crippen LogP contribution < -0.4 is 4.74 Å². The Morgan fingerprint density at radius 3 is 1.93 bits per heavy atom. The van der Waals surface area contributed by atoms with E-state index in [9.17, 15) is 22.8 Å². The van der Waals surface area contributed by atoms with Gasteiger partial charge in [-0.1, -0.05) is 69.0 Å². The van der Waals surface area contributed by atoms with Crippen LogP contribution in [-0.4, -0.2) is 24.3 Å². The maximum atomic E-state index is 12.3. The molecule has 0 fully saturated rings. The van der Waals surface area contributed by atoms with Crippen LogP contribution in [0.2, 0.25) is 0 Å². The lowest BCUT2D eigenvalue weighted by molar-refractivity contribution is -0.170. The topological polar surface area (TPSA) is 43.4 Å². The van der Waals surface area contributed by atoms with Crippen LogP contribution in [0.3, 0.4) is 0 Å². The number of carbonyl (C=O) groups is 2. The molecule has 29 heavy (non-hydrogen) atoms. The van der Waals surface area contributed by atoms with E-state index in [0.717, 1.165) is 29.7 Å². The van der Waals surface area contributed by atoms with Gasteiger partial charge in [0.2, 0.25) is 5.78 Å². The zero-order chi connectivity index (χ0) is 21.3. The average Bonchev–Trinajstić information content (AvgIpc) is 2.70. The summed E-state index contributed by atoms with van der Waals surface area (Å²) >= 11 is 0. The van der Waals surface area contributed by atoms with Gasteiger partial charge in [-0.2, -0.15) is 13.2 Å². The van der Waals surface area contributed by atoms with Gasteiger partial charge in [0, 0.05) is 5.56 Å². The van der Waals surface area contributed by atoms with Gasteiger partial charge in [0.15, 0.2) is 5.78 Å². The zero-order valence-electron chi connectivity index (χ0n) is 16.4. The second kappa shape index (κ2) is 10.8. The van der Waals surface area contributed by atoms with Crippen molar-refractivity contribution in [2.75, 3.05) is 6.61 Å². The lowest BCUT2D eigenvalue weighted by Gasteiger charge is -2.08. The van der Waals surface area contributed by atoms with Crippen molar-refractivity contribution >= 4 is 11.6 Å². The van der Waals surface area contributed by atoms with Gasteiger partial charge in [0.05, 0.1) is 13.0 Å². The van der Waals surface area contributed by atoms with Gasteiger partial charge in [0.1, 0.15) is 5.75 Å². The van der Waals surface area contributed by atoms with E-state index in [-0.39, 0.29) is 5.56 Å². The molecule has 0 bridgehead atoms. The van der Waals surface area contributed by atoms with Crippen LogP contribution in [0.5, 0.6) is 5.75 Å². The van der Waals surface area contributed by atoms with Crippen LogP contribution in [0.25, 0.3) is 11.1 Å². The van der Waals surface area contributed by atoms with Crippen molar-refractivity contribution in [3.63, 3.8) is 0 Å². The fourth-order valence-corrected chi connectivity index (χ4v) is 2.84. The lowest BCUT2D eigenvalue weighted by Crippen LogP contribution is -2.25. The number of hydrogen-bond acceptors (Lipinski definition) is 3. The molecule has 156 valence electrons. The molecule has 3 nitrogen and oxygen atoms in total. The third-order valence-electron chi connectivity index (χ3n) is 4.55. The quantitative estimate of drug-likeness (QED) is 0.246. The molecular weight excluding hydrogens is 381 g/mol. The third-order valence-corrected chi connectivity index (χ3v) is 4.55. The van der Waals surface area contributed by atoms with E-state index in [1.54, 1.807) is 12.1 Å². The van der Waals surface area contributed by atoms with Crippen LogP contribution in [-0.2, 0) is 4.79 Å². The van der Waals surface area contributed by atoms with Gasteiger partial charge in [0.25, 0.3) is 0 Å². The molecule has 0 spiro atoms. The maximum absolute atomic E-state index is 12.3. The van der Waals surface area contributed by atoms with Gasteiger partial charge in [-0.25, -0.2) is 0 Å². The molecule has 0 aliphatic carbocycles. The fraction of sp³-hybridized carbons (Fsp3) is 0.391. The van der Waals surface area contributed by atoms with Gasteiger partial charge < -0.3 is 4.74 Å². The van der Waals surface area contributed by atoms with Crippen LogP contribution >= 0.6 is 0 Å².